The van der Waals surface area contributed by atoms with E-state index in [0.717, 1.165) is 16.7 Å². The maximum Gasteiger partial charge on any atom is 0.240 e. The van der Waals surface area contributed by atoms with Gasteiger partial charge >= 0.3 is 0 Å². The highest BCUT2D eigenvalue weighted by Crippen LogP contribution is 2.32. The Hall–Kier alpha value is -2.21. The van der Waals surface area contributed by atoms with E-state index in [0.29, 0.717) is 19.3 Å². The summed E-state index contributed by atoms with van der Waals surface area (Å²) >= 11 is 0. The number of aliphatic hydroxyl groups excluding tert-OH is 2. The van der Waals surface area contributed by atoms with Crippen LogP contribution in [0, 0.1) is 5.92 Å². The molecule has 1 fully saturated rings. The summed E-state index contributed by atoms with van der Waals surface area (Å²) in [6.45, 7) is 5.50. The summed E-state index contributed by atoms with van der Waals surface area (Å²) in [6.07, 6.45) is 0.346. The van der Waals surface area contributed by atoms with Crippen molar-refractivity contribution in [1.29, 1.82) is 0 Å². The lowest BCUT2D eigenvalue weighted by Gasteiger charge is -2.33. The maximum absolute atomic E-state index is 12.8. The predicted octanol–water partition coefficient (Wildman–Crippen LogP) is 3.59. The number of aliphatic hydroxyl groups is 2. The van der Waals surface area contributed by atoms with Crippen LogP contribution in [0.25, 0.3) is 11.1 Å². The van der Waals surface area contributed by atoms with Crippen molar-refractivity contribution < 1.29 is 19.7 Å². The summed E-state index contributed by atoms with van der Waals surface area (Å²) in [4.78, 5) is 14.3. The molecule has 5 heteroatoms. The highest BCUT2D eigenvalue weighted by atomic mass is 16.6. The number of likely N-dealkylation sites (tertiary alicyclic amines) is 1. The van der Waals surface area contributed by atoms with Crippen molar-refractivity contribution in [1.82, 2.24) is 4.90 Å². The lowest BCUT2D eigenvalue weighted by Crippen LogP contribution is -2.47. The van der Waals surface area contributed by atoms with Crippen molar-refractivity contribution in [2.24, 2.45) is 5.92 Å². The Kier molecular flexibility index (Phi) is 6.73. The lowest BCUT2D eigenvalue weighted by molar-refractivity contribution is -0.239. The van der Waals surface area contributed by atoms with E-state index in [1.807, 2.05) is 39.0 Å². The van der Waals surface area contributed by atoms with Gasteiger partial charge in [-0.05, 0) is 56.7 Å². The van der Waals surface area contributed by atoms with Gasteiger partial charge in [-0.25, -0.2) is 0 Å². The van der Waals surface area contributed by atoms with E-state index in [9.17, 15) is 15.0 Å². The van der Waals surface area contributed by atoms with E-state index >= 15 is 0 Å². The second-order valence-corrected chi connectivity index (χ2v) is 8.67. The first-order chi connectivity index (χ1) is 13.8. The minimum absolute atomic E-state index is 0.0427. The number of amides is 1. The fraction of sp³-hybridized carbons (Fsp3) is 0.458. The third kappa shape index (κ3) is 5.44. The first kappa shape index (κ1) is 21.5. The molecule has 1 amide bonds. The molecule has 3 atom stereocenters. The second-order valence-electron chi connectivity index (χ2n) is 8.67. The average molecular weight is 398 g/mol. The zero-order valence-electron chi connectivity index (χ0n) is 17.4. The van der Waals surface area contributed by atoms with Crippen LogP contribution in [0.4, 0.5) is 0 Å². The van der Waals surface area contributed by atoms with Crippen molar-refractivity contribution in [2.45, 2.75) is 58.1 Å². The number of hydrogen-bond acceptors (Lipinski definition) is 4. The molecule has 0 radical (unpaired) electrons. The van der Waals surface area contributed by atoms with Crippen LogP contribution in [0.2, 0.25) is 0 Å². The van der Waals surface area contributed by atoms with E-state index in [1.165, 1.54) is 4.90 Å². The molecular weight excluding hydrogens is 366 g/mol. The number of carbonyl (C=O) groups is 1. The van der Waals surface area contributed by atoms with Gasteiger partial charge in [-0.15, -0.1) is 0 Å². The van der Waals surface area contributed by atoms with Gasteiger partial charge in [0.1, 0.15) is 0 Å². The van der Waals surface area contributed by atoms with Crippen LogP contribution in [0.3, 0.4) is 0 Å². The fourth-order valence-electron chi connectivity index (χ4n) is 3.91. The van der Waals surface area contributed by atoms with Gasteiger partial charge in [0, 0.05) is 18.6 Å². The minimum atomic E-state index is -1.29. The molecular formula is C24H31NO4. The Balaban J connectivity index is 1.76. The first-order valence-corrected chi connectivity index (χ1v) is 10.2. The second kappa shape index (κ2) is 9.08. The zero-order valence-corrected chi connectivity index (χ0v) is 17.4. The van der Waals surface area contributed by atoms with Crippen LogP contribution in [-0.4, -0.2) is 45.7 Å². The van der Waals surface area contributed by atoms with Crippen LogP contribution in [-0.2, 0) is 16.0 Å². The van der Waals surface area contributed by atoms with Crippen molar-refractivity contribution in [3.63, 3.8) is 0 Å². The van der Waals surface area contributed by atoms with Crippen molar-refractivity contribution in [3.05, 3.63) is 60.2 Å². The van der Waals surface area contributed by atoms with Gasteiger partial charge in [-0.2, -0.15) is 0 Å². The van der Waals surface area contributed by atoms with Crippen LogP contribution in [0.15, 0.2) is 54.6 Å². The van der Waals surface area contributed by atoms with Gasteiger partial charge in [-0.3, -0.25) is 9.69 Å². The van der Waals surface area contributed by atoms with Gasteiger partial charge in [0.25, 0.3) is 0 Å². The molecule has 1 aliphatic rings. The fourth-order valence-corrected chi connectivity index (χ4v) is 3.91. The monoisotopic (exact) mass is 397 g/mol. The molecule has 156 valence electrons. The number of rotatable bonds is 7. The molecule has 2 aromatic carbocycles. The van der Waals surface area contributed by atoms with Crippen LogP contribution < -0.4 is 0 Å². The van der Waals surface area contributed by atoms with Crippen molar-refractivity contribution in [3.8, 4) is 11.1 Å². The molecule has 5 nitrogen and oxygen atoms in total. The standard InChI is InChI=1S/C24H31NO4/c1-24(2,3)29-23(28)25-21(16-20(13-14-26)22(25)27)15-17-9-11-19(12-10-17)18-7-5-4-6-8-18/h4-12,20-21,23,26,28H,13-16H2,1-3H3/t20?,21-,23?/m1/s1. The predicted molar refractivity (Wildman–Crippen MR) is 113 cm³/mol. The molecule has 1 heterocycles. The van der Waals surface area contributed by atoms with Crippen LogP contribution in [0.1, 0.15) is 39.2 Å². The Morgan fingerprint density at radius 3 is 2.28 bits per heavy atom. The van der Waals surface area contributed by atoms with Crippen LogP contribution in [0.5, 0.6) is 0 Å². The third-order valence-corrected chi connectivity index (χ3v) is 5.26. The molecule has 0 bridgehead atoms. The van der Waals surface area contributed by atoms with E-state index in [-0.39, 0.29) is 24.5 Å². The summed E-state index contributed by atoms with van der Waals surface area (Å²) < 4.78 is 5.66. The maximum atomic E-state index is 12.8. The number of benzene rings is 2. The molecule has 1 saturated heterocycles. The SMILES string of the molecule is CC(C)(C)OC(O)N1C(=O)C(CCO)C[C@H]1Cc1ccc(-c2ccccc2)cc1. The van der Waals surface area contributed by atoms with E-state index in [1.54, 1.807) is 0 Å². The molecule has 0 spiro atoms. The average Bonchev–Trinajstić information content (AvgIpc) is 2.97. The quantitative estimate of drug-likeness (QED) is 0.701. The zero-order chi connectivity index (χ0) is 21.0. The summed E-state index contributed by atoms with van der Waals surface area (Å²) in [6, 6.07) is 18.3. The Labute approximate surface area is 172 Å². The Morgan fingerprint density at radius 1 is 1.07 bits per heavy atom. The topological polar surface area (TPSA) is 70.0 Å². The van der Waals surface area contributed by atoms with E-state index in [4.69, 9.17) is 4.74 Å². The first-order valence-electron chi connectivity index (χ1n) is 10.2. The molecule has 0 aromatic heterocycles. The van der Waals surface area contributed by atoms with Gasteiger partial charge in [0.15, 0.2) is 0 Å². The molecule has 0 aliphatic carbocycles. The molecule has 3 rings (SSSR count). The molecule has 0 saturated carbocycles. The van der Waals surface area contributed by atoms with Crippen molar-refractivity contribution >= 4 is 5.91 Å². The molecule has 29 heavy (non-hydrogen) atoms. The highest BCUT2D eigenvalue weighted by molar-refractivity contribution is 5.81. The molecule has 2 aromatic rings. The van der Waals surface area contributed by atoms with Gasteiger partial charge in [-0.1, -0.05) is 54.6 Å². The third-order valence-electron chi connectivity index (χ3n) is 5.26. The van der Waals surface area contributed by atoms with Crippen LogP contribution >= 0.6 is 0 Å². The summed E-state index contributed by atoms with van der Waals surface area (Å²) in [5, 5.41) is 19.9. The number of hydrogen-bond donors (Lipinski definition) is 2. The van der Waals surface area contributed by atoms with Gasteiger partial charge in [0.05, 0.1) is 5.60 Å². The van der Waals surface area contributed by atoms with Gasteiger partial charge < -0.3 is 14.9 Å². The minimum Gasteiger partial charge on any atom is -0.396 e. The van der Waals surface area contributed by atoms with Gasteiger partial charge in [0.2, 0.25) is 12.3 Å². The highest BCUT2D eigenvalue weighted by Gasteiger charge is 2.43. The number of carbonyl (C=O) groups excluding carboxylic acids is 1. The molecule has 2 N–H and O–H groups in total. The van der Waals surface area contributed by atoms with Crippen molar-refractivity contribution in [2.75, 3.05) is 6.61 Å². The normalized spacial score (nSPS) is 20.9. The largest absolute Gasteiger partial charge is 0.396 e. The number of ether oxygens (including phenoxy) is 1. The van der Waals surface area contributed by atoms with E-state index < -0.39 is 12.0 Å². The molecule has 1 aliphatic heterocycles. The van der Waals surface area contributed by atoms with E-state index in [2.05, 4.69) is 36.4 Å². The Morgan fingerprint density at radius 2 is 1.69 bits per heavy atom. The molecule has 2 unspecified atom stereocenters. The Bertz CT molecular complexity index is 798. The lowest BCUT2D eigenvalue weighted by atomic mass is 9.96. The summed E-state index contributed by atoms with van der Waals surface area (Å²) in [5.41, 5.74) is 2.83. The summed E-state index contributed by atoms with van der Waals surface area (Å²) in [5.74, 6) is -0.437. The smallest absolute Gasteiger partial charge is 0.240 e. The summed E-state index contributed by atoms with van der Waals surface area (Å²) in [7, 11) is 0. The number of nitrogens with zero attached hydrogens (tertiary/aromatic N) is 1.